The van der Waals surface area contributed by atoms with Crippen molar-refractivity contribution in [2.24, 2.45) is 0 Å². The van der Waals surface area contributed by atoms with E-state index in [4.69, 9.17) is 13.9 Å². The molecule has 2 aromatic heterocycles. The fourth-order valence-electron chi connectivity index (χ4n) is 3.90. The van der Waals surface area contributed by atoms with Crippen LogP contribution in [0.4, 0.5) is 0 Å². The first-order valence-electron chi connectivity index (χ1n) is 11.4. The van der Waals surface area contributed by atoms with Crippen molar-refractivity contribution in [3.8, 4) is 11.5 Å². The highest BCUT2D eigenvalue weighted by molar-refractivity contribution is 7.10. The zero-order valence-corrected chi connectivity index (χ0v) is 20.4. The maximum atomic E-state index is 13.4. The van der Waals surface area contributed by atoms with Gasteiger partial charge in [0.15, 0.2) is 11.5 Å². The van der Waals surface area contributed by atoms with Gasteiger partial charge < -0.3 is 23.7 Å². The topological polar surface area (TPSA) is 72.2 Å². The zero-order valence-electron chi connectivity index (χ0n) is 19.6. The molecule has 1 aromatic carbocycles. The van der Waals surface area contributed by atoms with Gasteiger partial charge in [0.2, 0.25) is 11.8 Å². The molecule has 7 nitrogen and oxygen atoms in total. The third-order valence-corrected chi connectivity index (χ3v) is 6.79. The lowest BCUT2D eigenvalue weighted by molar-refractivity contribution is -0.141. The van der Waals surface area contributed by atoms with Crippen molar-refractivity contribution in [3.05, 3.63) is 70.3 Å². The number of carbonyl (C=O) groups excluding carboxylic acids is 2. The van der Waals surface area contributed by atoms with Gasteiger partial charge in [-0.2, -0.15) is 0 Å². The van der Waals surface area contributed by atoms with Gasteiger partial charge in [-0.1, -0.05) is 12.1 Å². The largest absolute Gasteiger partial charge is 0.493 e. The van der Waals surface area contributed by atoms with E-state index in [1.807, 2.05) is 47.8 Å². The average molecular weight is 483 g/mol. The summed E-state index contributed by atoms with van der Waals surface area (Å²) in [5.41, 5.74) is 1.03. The standard InChI is InChI=1S/C26H30N2O5S/c1-31-23-10-7-19(15-24(23)32-2)11-12-27(17-21-5-3-13-33-21)26(30)18-28(20-8-9-20)25(29)16-22-6-4-14-34-22/h3-7,10,13-15,20H,8-9,11-12,16-18H2,1-2H3. The molecule has 0 aliphatic heterocycles. The first-order chi connectivity index (χ1) is 16.6. The molecule has 2 heterocycles. The number of rotatable bonds is 12. The van der Waals surface area contributed by atoms with E-state index in [0.29, 0.717) is 43.2 Å². The predicted molar refractivity (Wildman–Crippen MR) is 130 cm³/mol. The minimum absolute atomic E-state index is 0.0103. The lowest BCUT2D eigenvalue weighted by atomic mass is 10.1. The third-order valence-electron chi connectivity index (χ3n) is 5.92. The highest BCUT2D eigenvalue weighted by Crippen LogP contribution is 2.29. The van der Waals surface area contributed by atoms with E-state index in [-0.39, 0.29) is 24.4 Å². The Kier molecular flexibility index (Phi) is 7.90. The fourth-order valence-corrected chi connectivity index (χ4v) is 4.60. The second kappa shape index (κ2) is 11.2. The Morgan fingerprint density at radius 3 is 2.53 bits per heavy atom. The highest BCUT2D eigenvalue weighted by atomic mass is 32.1. The molecule has 3 aromatic rings. The second-order valence-corrected chi connectivity index (χ2v) is 9.38. The number of nitrogens with zero attached hydrogens (tertiary/aromatic N) is 2. The number of hydrogen-bond donors (Lipinski definition) is 0. The summed E-state index contributed by atoms with van der Waals surface area (Å²) in [5.74, 6) is 1.96. The van der Waals surface area contributed by atoms with Crippen LogP contribution in [0.2, 0.25) is 0 Å². The second-order valence-electron chi connectivity index (χ2n) is 8.34. The van der Waals surface area contributed by atoms with Gasteiger partial charge in [-0.25, -0.2) is 0 Å². The lowest BCUT2D eigenvalue weighted by Gasteiger charge is -2.27. The van der Waals surface area contributed by atoms with Crippen LogP contribution in [0.5, 0.6) is 11.5 Å². The third kappa shape index (κ3) is 6.20. The highest BCUT2D eigenvalue weighted by Gasteiger charge is 2.34. The van der Waals surface area contributed by atoms with Gasteiger partial charge in [0.05, 0.1) is 33.4 Å². The number of hydrogen-bond acceptors (Lipinski definition) is 6. The van der Waals surface area contributed by atoms with Crippen molar-refractivity contribution >= 4 is 23.2 Å². The maximum absolute atomic E-state index is 13.4. The number of carbonyl (C=O) groups is 2. The van der Waals surface area contributed by atoms with Crippen LogP contribution in [-0.2, 0) is 29.0 Å². The lowest BCUT2D eigenvalue weighted by Crippen LogP contribution is -2.44. The van der Waals surface area contributed by atoms with Gasteiger partial charge in [0, 0.05) is 17.5 Å². The number of amides is 2. The van der Waals surface area contributed by atoms with E-state index in [1.54, 1.807) is 41.6 Å². The number of furan rings is 1. The van der Waals surface area contributed by atoms with E-state index < -0.39 is 0 Å². The SMILES string of the molecule is COc1ccc(CCN(Cc2ccco2)C(=O)CN(C(=O)Cc2cccs2)C2CC2)cc1OC. The smallest absolute Gasteiger partial charge is 0.242 e. The molecule has 0 N–H and O–H groups in total. The van der Waals surface area contributed by atoms with Gasteiger partial charge in [-0.3, -0.25) is 9.59 Å². The predicted octanol–water partition coefficient (Wildman–Crippen LogP) is 4.16. The minimum atomic E-state index is -0.0803. The summed E-state index contributed by atoms with van der Waals surface area (Å²) in [4.78, 5) is 30.9. The van der Waals surface area contributed by atoms with Crippen LogP contribution in [-0.4, -0.2) is 55.0 Å². The summed E-state index contributed by atoms with van der Waals surface area (Å²) in [6.07, 6.45) is 4.48. The first kappa shape index (κ1) is 23.9. The van der Waals surface area contributed by atoms with Crippen molar-refractivity contribution in [1.82, 2.24) is 9.80 Å². The van der Waals surface area contributed by atoms with E-state index >= 15 is 0 Å². The molecule has 0 bridgehead atoms. The first-order valence-corrected chi connectivity index (χ1v) is 12.3. The van der Waals surface area contributed by atoms with Gasteiger partial charge in [0.25, 0.3) is 0 Å². The molecule has 0 radical (unpaired) electrons. The molecule has 1 aliphatic carbocycles. The Labute approximate surface area is 203 Å². The molecular formula is C26H30N2O5S. The summed E-state index contributed by atoms with van der Waals surface area (Å²) >= 11 is 1.57. The van der Waals surface area contributed by atoms with Crippen molar-refractivity contribution < 1.29 is 23.5 Å². The van der Waals surface area contributed by atoms with E-state index in [9.17, 15) is 9.59 Å². The van der Waals surface area contributed by atoms with E-state index in [0.717, 1.165) is 23.3 Å². The van der Waals surface area contributed by atoms with Crippen molar-refractivity contribution in [3.63, 3.8) is 0 Å². The zero-order chi connectivity index (χ0) is 23.9. The molecular weight excluding hydrogens is 452 g/mol. The molecule has 2 amide bonds. The van der Waals surface area contributed by atoms with Crippen LogP contribution in [0.3, 0.4) is 0 Å². The van der Waals surface area contributed by atoms with Crippen LogP contribution in [0, 0.1) is 0 Å². The van der Waals surface area contributed by atoms with Crippen LogP contribution in [0.15, 0.2) is 58.5 Å². The molecule has 0 unspecified atom stereocenters. The van der Waals surface area contributed by atoms with Gasteiger partial charge >= 0.3 is 0 Å². The van der Waals surface area contributed by atoms with Crippen LogP contribution in [0.25, 0.3) is 0 Å². The van der Waals surface area contributed by atoms with Crippen molar-refractivity contribution in [1.29, 1.82) is 0 Å². The number of thiophene rings is 1. The minimum Gasteiger partial charge on any atom is -0.493 e. The molecule has 180 valence electrons. The Morgan fingerprint density at radius 2 is 1.88 bits per heavy atom. The Hall–Kier alpha value is -3.26. The molecule has 4 rings (SSSR count). The molecule has 1 saturated carbocycles. The Balaban J connectivity index is 1.45. The monoisotopic (exact) mass is 482 g/mol. The van der Waals surface area contributed by atoms with Gasteiger partial charge in [-0.05, 0) is 60.5 Å². The summed E-state index contributed by atoms with van der Waals surface area (Å²) < 4.78 is 16.2. The Morgan fingerprint density at radius 1 is 1.06 bits per heavy atom. The van der Waals surface area contributed by atoms with Crippen molar-refractivity contribution in [2.75, 3.05) is 27.3 Å². The normalized spacial score (nSPS) is 12.9. The Bertz CT molecular complexity index is 1080. The molecule has 34 heavy (non-hydrogen) atoms. The molecule has 0 spiro atoms. The number of ether oxygens (including phenoxy) is 2. The quantitative estimate of drug-likeness (QED) is 0.388. The molecule has 1 aliphatic rings. The van der Waals surface area contributed by atoms with Crippen LogP contribution < -0.4 is 9.47 Å². The van der Waals surface area contributed by atoms with Crippen LogP contribution in [0.1, 0.15) is 29.0 Å². The van der Waals surface area contributed by atoms with E-state index in [2.05, 4.69) is 0 Å². The fraction of sp³-hybridized carbons (Fsp3) is 0.385. The molecule has 8 heteroatoms. The van der Waals surface area contributed by atoms with Crippen molar-refractivity contribution in [2.45, 2.75) is 38.3 Å². The van der Waals surface area contributed by atoms with E-state index in [1.165, 1.54) is 0 Å². The number of methoxy groups -OCH3 is 2. The summed E-state index contributed by atoms with van der Waals surface area (Å²) in [6.45, 7) is 0.935. The average Bonchev–Trinajstić information content (AvgIpc) is 3.30. The summed E-state index contributed by atoms with van der Waals surface area (Å²) in [7, 11) is 3.21. The summed E-state index contributed by atoms with van der Waals surface area (Å²) in [5, 5.41) is 1.97. The molecule has 0 atom stereocenters. The number of benzene rings is 1. The maximum Gasteiger partial charge on any atom is 0.242 e. The molecule has 1 fully saturated rings. The molecule has 0 saturated heterocycles. The van der Waals surface area contributed by atoms with Gasteiger partial charge in [0.1, 0.15) is 12.3 Å². The van der Waals surface area contributed by atoms with Gasteiger partial charge in [-0.15, -0.1) is 11.3 Å². The summed E-state index contributed by atoms with van der Waals surface area (Å²) in [6, 6.07) is 13.5. The van der Waals surface area contributed by atoms with Crippen LogP contribution >= 0.6 is 11.3 Å².